The highest BCUT2D eigenvalue weighted by Crippen LogP contribution is 2.20. The van der Waals surface area contributed by atoms with Crippen LogP contribution in [0.15, 0.2) is 71.0 Å². The van der Waals surface area contributed by atoms with Crippen LogP contribution >= 0.6 is 0 Å². The number of aromatic hydroxyl groups is 1. The molecule has 0 saturated heterocycles. The zero-order chi connectivity index (χ0) is 18.7. The lowest BCUT2D eigenvalue weighted by atomic mass is 10.1. The molecule has 0 aliphatic rings. The van der Waals surface area contributed by atoms with Gasteiger partial charge in [-0.05, 0) is 43.2 Å². The maximum Gasteiger partial charge on any atom is 0.297 e. The highest BCUT2D eigenvalue weighted by Gasteiger charge is 2.15. The number of rotatable bonds is 5. The van der Waals surface area contributed by atoms with Crippen molar-refractivity contribution in [2.75, 3.05) is 0 Å². The van der Waals surface area contributed by atoms with E-state index in [1.165, 1.54) is 6.21 Å². The van der Waals surface area contributed by atoms with Crippen LogP contribution in [-0.2, 0) is 13.5 Å². The zero-order valence-corrected chi connectivity index (χ0v) is 14.9. The van der Waals surface area contributed by atoms with Gasteiger partial charge in [0.05, 0.1) is 11.4 Å². The van der Waals surface area contributed by atoms with Crippen molar-refractivity contribution in [3.05, 3.63) is 88.4 Å². The predicted molar refractivity (Wildman–Crippen MR) is 105 cm³/mol. The van der Waals surface area contributed by atoms with E-state index in [9.17, 15) is 9.90 Å². The first-order chi connectivity index (χ1) is 12.5. The summed E-state index contributed by atoms with van der Waals surface area (Å²) in [7, 11) is 1.82. The first-order valence-corrected chi connectivity index (χ1v) is 8.34. The fourth-order valence-corrected chi connectivity index (χ4v) is 2.83. The molecule has 0 aliphatic carbocycles. The third kappa shape index (κ3) is 3.24. The molecule has 0 fully saturated rings. The summed E-state index contributed by atoms with van der Waals surface area (Å²) in [5.41, 5.74) is 3.21. The normalized spacial score (nSPS) is 11.2. The van der Waals surface area contributed by atoms with E-state index >= 15 is 0 Å². The Balaban J connectivity index is 2.00. The second-order valence-electron chi connectivity index (χ2n) is 6.05. The standard InChI is InChI=1S/C21H21N3O2/c1-4-8-16-11-12-17(19(25)13-16)14-22-20-15(2)23(3)24(21(20)26)18-9-6-5-7-10-18/h4-7,9-14,25H,1,8H2,2-3H3. The van der Waals surface area contributed by atoms with Crippen LogP contribution in [0.1, 0.15) is 16.8 Å². The summed E-state index contributed by atoms with van der Waals surface area (Å²) in [4.78, 5) is 17.2. The van der Waals surface area contributed by atoms with Gasteiger partial charge in [-0.1, -0.05) is 30.3 Å². The minimum atomic E-state index is -0.199. The van der Waals surface area contributed by atoms with Crippen molar-refractivity contribution in [2.45, 2.75) is 13.3 Å². The van der Waals surface area contributed by atoms with Crippen molar-refractivity contribution in [2.24, 2.45) is 12.0 Å². The van der Waals surface area contributed by atoms with E-state index < -0.39 is 0 Å². The number of para-hydroxylation sites is 1. The summed E-state index contributed by atoms with van der Waals surface area (Å²) >= 11 is 0. The van der Waals surface area contributed by atoms with Gasteiger partial charge in [-0.2, -0.15) is 0 Å². The Morgan fingerprint density at radius 1 is 1.19 bits per heavy atom. The lowest BCUT2D eigenvalue weighted by Crippen LogP contribution is -2.19. The number of allylic oxidation sites excluding steroid dienone is 1. The molecule has 0 aliphatic heterocycles. The molecule has 132 valence electrons. The second kappa shape index (κ2) is 7.27. The van der Waals surface area contributed by atoms with Crippen LogP contribution in [0.3, 0.4) is 0 Å². The minimum Gasteiger partial charge on any atom is -0.507 e. The van der Waals surface area contributed by atoms with Crippen LogP contribution < -0.4 is 5.56 Å². The van der Waals surface area contributed by atoms with Crippen molar-refractivity contribution in [1.29, 1.82) is 0 Å². The van der Waals surface area contributed by atoms with E-state index in [-0.39, 0.29) is 11.3 Å². The van der Waals surface area contributed by atoms with Gasteiger partial charge in [0.2, 0.25) is 0 Å². The van der Waals surface area contributed by atoms with Gasteiger partial charge in [-0.3, -0.25) is 9.48 Å². The van der Waals surface area contributed by atoms with Crippen LogP contribution in [-0.4, -0.2) is 20.7 Å². The smallest absolute Gasteiger partial charge is 0.297 e. The number of phenols is 1. The van der Waals surface area contributed by atoms with Gasteiger partial charge in [0.25, 0.3) is 5.56 Å². The lowest BCUT2D eigenvalue weighted by Gasteiger charge is -2.07. The lowest BCUT2D eigenvalue weighted by molar-refractivity contribution is 0.474. The Morgan fingerprint density at radius 3 is 2.58 bits per heavy atom. The van der Waals surface area contributed by atoms with E-state index in [0.717, 1.165) is 16.9 Å². The van der Waals surface area contributed by atoms with E-state index in [2.05, 4.69) is 11.6 Å². The molecular weight excluding hydrogens is 326 g/mol. The molecule has 5 heteroatoms. The fourth-order valence-electron chi connectivity index (χ4n) is 2.83. The summed E-state index contributed by atoms with van der Waals surface area (Å²) in [6.07, 6.45) is 3.98. The monoisotopic (exact) mass is 347 g/mol. The Morgan fingerprint density at radius 2 is 1.92 bits per heavy atom. The van der Waals surface area contributed by atoms with Crippen LogP contribution in [0.4, 0.5) is 5.69 Å². The Hall–Kier alpha value is -3.34. The van der Waals surface area contributed by atoms with Crippen LogP contribution in [0.25, 0.3) is 5.69 Å². The average molecular weight is 347 g/mol. The molecule has 1 aromatic heterocycles. The molecule has 0 atom stereocenters. The predicted octanol–water partition coefficient (Wildman–Crippen LogP) is 3.67. The van der Waals surface area contributed by atoms with Gasteiger partial charge in [-0.15, -0.1) is 6.58 Å². The van der Waals surface area contributed by atoms with Crippen molar-refractivity contribution in [3.8, 4) is 11.4 Å². The third-order valence-electron chi connectivity index (χ3n) is 4.33. The van der Waals surface area contributed by atoms with Crippen molar-refractivity contribution in [1.82, 2.24) is 9.36 Å². The van der Waals surface area contributed by atoms with E-state index in [4.69, 9.17) is 0 Å². The average Bonchev–Trinajstić information content (AvgIpc) is 2.85. The number of benzene rings is 2. The van der Waals surface area contributed by atoms with Crippen LogP contribution in [0.2, 0.25) is 0 Å². The molecule has 1 heterocycles. The van der Waals surface area contributed by atoms with Crippen molar-refractivity contribution in [3.63, 3.8) is 0 Å². The number of aromatic nitrogens is 2. The number of nitrogens with zero attached hydrogens (tertiary/aromatic N) is 3. The molecule has 0 unspecified atom stereocenters. The molecule has 2 aromatic carbocycles. The van der Waals surface area contributed by atoms with E-state index in [1.807, 2.05) is 50.4 Å². The SMILES string of the molecule is C=CCc1ccc(C=Nc2c(C)n(C)n(-c3ccccc3)c2=O)c(O)c1. The van der Waals surface area contributed by atoms with Gasteiger partial charge in [0.15, 0.2) is 5.69 Å². The van der Waals surface area contributed by atoms with Gasteiger partial charge >= 0.3 is 0 Å². The second-order valence-corrected chi connectivity index (χ2v) is 6.05. The molecular formula is C21H21N3O2. The summed E-state index contributed by atoms with van der Waals surface area (Å²) in [5, 5.41) is 10.2. The summed E-state index contributed by atoms with van der Waals surface area (Å²) in [5.74, 6) is 0.130. The number of hydrogen-bond donors (Lipinski definition) is 1. The quantitative estimate of drug-likeness (QED) is 0.565. The highest BCUT2D eigenvalue weighted by molar-refractivity contribution is 5.85. The van der Waals surface area contributed by atoms with Gasteiger partial charge < -0.3 is 5.11 Å². The highest BCUT2D eigenvalue weighted by atomic mass is 16.3. The molecule has 3 rings (SSSR count). The van der Waals surface area contributed by atoms with Crippen molar-refractivity contribution >= 4 is 11.9 Å². The topological polar surface area (TPSA) is 59.5 Å². The molecule has 3 aromatic rings. The van der Waals surface area contributed by atoms with Crippen LogP contribution in [0.5, 0.6) is 5.75 Å². The summed E-state index contributed by atoms with van der Waals surface area (Å²) in [6, 6.07) is 14.8. The third-order valence-corrected chi connectivity index (χ3v) is 4.33. The molecule has 0 spiro atoms. The van der Waals surface area contributed by atoms with Crippen LogP contribution in [0, 0.1) is 6.92 Å². The van der Waals surface area contributed by atoms with E-state index in [1.54, 1.807) is 27.6 Å². The first-order valence-electron chi connectivity index (χ1n) is 8.34. The Bertz CT molecular complexity index is 1030. The molecule has 5 nitrogen and oxygen atoms in total. The molecule has 0 radical (unpaired) electrons. The van der Waals surface area contributed by atoms with E-state index in [0.29, 0.717) is 17.7 Å². The summed E-state index contributed by atoms with van der Waals surface area (Å²) in [6.45, 7) is 5.54. The maximum absolute atomic E-state index is 12.8. The number of hydrogen-bond acceptors (Lipinski definition) is 3. The number of aliphatic imine (C=N–C) groups is 1. The van der Waals surface area contributed by atoms with Gasteiger partial charge in [0.1, 0.15) is 5.75 Å². The minimum absolute atomic E-state index is 0.130. The summed E-state index contributed by atoms with van der Waals surface area (Å²) < 4.78 is 3.35. The molecule has 0 amide bonds. The Labute approximate surface area is 152 Å². The first kappa shape index (κ1) is 17.5. The molecule has 0 saturated carbocycles. The Kier molecular flexibility index (Phi) is 4.89. The molecule has 26 heavy (non-hydrogen) atoms. The largest absolute Gasteiger partial charge is 0.507 e. The zero-order valence-electron chi connectivity index (χ0n) is 14.9. The fraction of sp³-hybridized carbons (Fsp3) is 0.143. The van der Waals surface area contributed by atoms with Gasteiger partial charge in [-0.25, -0.2) is 9.67 Å². The van der Waals surface area contributed by atoms with Gasteiger partial charge in [0, 0.05) is 18.8 Å². The number of phenolic OH excluding ortho intramolecular Hbond substituents is 1. The maximum atomic E-state index is 12.8. The molecule has 0 bridgehead atoms. The van der Waals surface area contributed by atoms with Crippen molar-refractivity contribution < 1.29 is 5.11 Å². The molecule has 1 N–H and O–H groups in total.